The summed E-state index contributed by atoms with van der Waals surface area (Å²) in [6.45, 7) is 2.74. The molecule has 1 aromatic heterocycles. The fourth-order valence-electron chi connectivity index (χ4n) is 3.02. The van der Waals surface area contributed by atoms with Crippen LogP contribution in [0.5, 0.6) is 11.5 Å². The van der Waals surface area contributed by atoms with Gasteiger partial charge in [0.25, 0.3) is 0 Å². The molecule has 3 aromatic rings. The molecule has 0 radical (unpaired) electrons. The number of benzene rings is 2. The number of anilines is 2. The van der Waals surface area contributed by atoms with E-state index in [9.17, 15) is 4.79 Å². The lowest BCUT2D eigenvalue weighted by atomic mass is 10.2. The van der Waals surface area contributed by atoms with Gasteiger partial charge in [-0.3, -0.25) is 4.79 Å². The number of hydrogen-bond acceptors (Lipinski definition) is 7. The average Bonchev–Trinajstić information content (AvgIpc) is 3.20. The highest BCUT2D eigenvalue weighted by Crippen LogP contribution is 2.30. The maximum absolute atomic E-state index is 12.5. The Morgan fingerprint density at radius 1 is 1.10 bits per heavy atom. The van der Waals surface area contributed by atoms with E-state index in [0.717, 1.165) is 17.1 Å². The van der Waals surface area contributed by atoms with Gasteiger partial charge in [0.2, 0.25) is 5.91 Å². The van der Waals surface area contributed by atoms with Crippen LogP contribution in [0, 0.1) is 0 Å². The molecule has 164 valence electrons. The zero-order valence-electron chi connectivity index (χ0n) is 18.4. The lowest BCUT2D eigenvalue weighted by Gasteiger charge is -2.13. The van der Waals surface area contributed by atoms with Crippen LogP contribution in [0.4, 0.5) is 11.4 Å². The van der Waals surface area contributed by atoms with Crippen LogP contribution in [0.25, 0.3) is 11.4 Å². The van der Waals surface area contributed by atoms with Crippen molar-refractivity contribution in [2.24, 2.45) is 0 Å². The second-order valence-electron chi connectivity index (χ2n) is 6.89. The minimum absolute atomic E-state index is 0.156. The average molecular weight is 442 g/mol. The summed E-state index contributed by atoms with van der Waals surface area (Å²) in [4.78, 5) is 14.6. The molecule has 1 heterocycles. The molecule has 9 heteroatoms. The maximum atomic E-state index is 12.5. The van der Waals surface area contributed by atoms with Crippen LogP contribution >= 0.6 is 11.8 Å². The van der Waals surface area contributed by atoms with Crippen molar-refractivity contribution in [2.45, 2.75) is 18.6 Å². The summed E-state index contributed by atoms with van der Waals surface area (Å²) < 4.78 is 12.5. The minimum atomic E-state index is -0.156. The molecule has 3 rings (SSSR count). The second kappa shape index (κ2) is 10.2. The SMILES string of the molecule is CCn1c(SCC(=O)Nc2ccc(OC)cc2OC)nnc1-c1ccc(N(C)C)cc1. The summed E-state index contributed by atoms with van der Waals surface area (Å²) in [7, 11) is 7.14. The summed E-state index contributed by atoms with van der Waals surface area (Å²) in [6, 6.07) is 13.4. The molecule has 2 aromatic carbocycles. The molecular formula is C22H27N5O3S. The van der Waals surface area contributed by atoms with Crippen LogP contribution in [-0.4, -0.2) is 54.7 Å². The van der Waals surface area contributed by atoms with Crippen molar-refractivity contribution in [3.05, 3.63) is 42.5 Å². The molecule has 0 fully saturated rings. The first-order valence-corrected chi connectivity index (χ1v) is 10.8. The fraction of sp³-hybridized carbons (Fsp3) is 0.318. The molecule has 0 aliphatic carbocycles. The predicted molar refractivity (Wildman–Crippen MR) is 124 cm³/mol. The third-order valence-electron chi connectivity index (χ3n) is 4.69. The van der Waals surface area contributed by atoms with E-state index < -0.39 is 0 Å². The van der Waals surface area contributed by atoms with Gasteiger partial charge in [0.05, 0.1) is 25.7 Å². The quantitative estimate of drug-likeness (QED) is 0.506. The molecule has 0 aliphatic heterocycles. The number of thioether (sulfide) groups is 1. The first-order valence-electron chi connectivity index (χ1n) is 9.82. The van der Waals surface area contributed by atoms with Gasteiger partial charge in [-0.1, -0.05) is 11.8 Å². The van der Waals surface area contributed by atoms with Gasteiger partial charge < -0.3 is 24.3 Å². The first-order chi connectivity index (χ1) is 15.0. The number of methoxy groups -OCH3 is 2. The van der Waals surface area contributed by atoms with Gasteiger partial charge in [0, 0.05) is 38.0 Å². The number of ether oxygens (including phenoxy) is 2. The third kappa shape index (κ3) is 5.29. The lowest BCUT2D eigenvalue weighted by Crippen LogP contribution is -2.15. The van der Waals surface area contributed by atoms with Crippen molar-refractivity contribution >= 4 is 29.0 Å². The minimum Gasteiger partial charge on any atom is -0.497 e. The van der Waals surface area contributed by atoms with E-state index in [2.05, 4.69) is 15.5 Å². The standard InChI is InChI=1S/C22H27N5O3S/c1-6-27-21(15-7-9-16(10-8-15)26(2)3)24-25-22(27)31-14-20(28)23-18-12-11-17(29-4)13-19(18)30-5/h7-13H,6,14H2,1-5H3,(H,23,28). The van der Waals surface area contributed by atoms with Crippen molar-refractivity contribution in [3.8, 4) is 22.9 Å². The topological polar surface area (TPSA) is 81.5 Å². The zero-order valence-corrected chi connectivity index (χ0v) is 19.2. The summed E-state index contributed by atoms with van der Waals surface area (Å²) in [5, 5.41) is 12.2. The van der Waals surface area contributed by atoms with Gasteiger partial charge in [0.1, 0.15) is 11.5 Å². The number of amides is 1. The zero-order chi connectivity index (χ0) is 22.4. The Hall–Kier alpha value is -3.20. The smallest absolute Gasteiger partial charge is 0.234 e. The summed E-state index contributed by atoms with van der Waals surface area (Å²) in [5.74, 6) is 2.03. The molecule has 8 nitrogen and oxygen atoms in total. The van der Waals surface area contributed by atoms with Gasteiger partial charge >= 0.3 is 0 Å². The molecule has 0 saturated heterocycles. The molecule has 0 bridgehead atoms. The van der Waals surface area contributed by atoms with Gasteiger partial charge in [-0.25, -0.2) is 0 Å². The van der Waals surface area contributed by atoms with E-state index in [1.165, 1.54) is 11.8 Å². The van der Waals surface area contributed by atoms with Crippen LogP contribution in [0.2, 0.25) is 0 Å². The largest absolute Gasteiger partial charge is 0.497 e. The third-order valence-corrected chi connectivity index (χ3v) is 5.66. The van der Waals surface area contributed by atoms with Gasteiger partial charge in [-0.05, 0) is 43.3 Å². The monoisotopic (exact) mass is 441 g/mol. The number of nitrogens with zero attached hydrogens (tertiary/aromatic N) is 4. The van der Waals surface area contributed by atoms with Crippen LogP contribution in [0.1, 0.15) is 6.92 Å². The van der Waals surface area contributed by atoms with Crippen LogP contribution in [0.3, 0.4) is 0 Å². The first kappa shape index (κ1) is 22.5. The molecule has 0 saturated carbocycles. The molecule has 1 amide bonds. The van der Waals surface area contributed by atoms with E-state index in [4.69, 9.17) is 9.47 Å². The van der Waals surface area contributed by atoms with Crippen molar-refractivity contribution in [2.75, 3.05) is 44.3 Å². The number of aromatic nitrogens is 3. The predicted octanol–water partition coefficient (Wildman–Crippen LogP) is 3.78. The molecular weight excluding hydrogens is 414 g/mol. The molecule has 31 heavy (non-hydrogen) atoms. The second-order valence-corrected chi connectivity index (χ2v) is 7.84. The summed E-state index contributed by atoms with van der Waals surface area (Å²) >= 11 is 1.35. The molecule has 0 atom stereocenters. The van der Waals surface area contributed by atoms with Crippen molar-refractivity contribution in [3.63, 3.8) is 0 Å². The Balaban J connectivity index is 1.69. The molecule has 0 spiro atoms. The number of carbonyl (C=O) groups is 1. The van der Waals surface area contributed by atoms with E-state index in [0.29, 0.717) is 28.9 Å². The van der Waals surface area contributed by atoms with E-state index in [1.54, 1.807) is 32.4 Å². The van der Waals surface area contributed by atoms with Crippen molar-refractivity contribution in [1.29, 1.82) is 0 Å². The molecule has 0 unspecified atom stereocenters. The van der Waals surface area contributed by atoms with E-state index in [-0.39, 0.29) is 11.7 Å². The highest BCUT2D eigenvalue weighted by molar-refractivity contribution is 7.99. The number of hydrogen-bond donors (Lipinski definition) is 1. The lowest BCUT2D eigenvalue weighted by molar-refractivity contribution is -0.113. The highest BCUT2D eigenvalue weighted by atomic mass is 32.2. The Morgan fingerprint density at radius 2 is 1.84 bits per heavy atom. The van der Waals surface area contributed by atoms with Crippen molar-refractivity contribution in [1.82, 2.24) is 14.8 Å². The summed E-state index contributed by atoms with van der Waals surface area (Å²) in [5.41, 5.74) is 2.69. The van der Waals surface area contributed by atoms with E-state index >= 15 is 0 Å². The molecule has 0 aliphatic rings. The van der Waals surface area contributed by atoms with Crippen LogP contribution in [0.15, 0.2) is 47.6 Å². The van der Waals surface area contributed by atoms with Gasteiger partial charge in [-0.2, -0.15) is 0 Å². The Labute approximate surface area is 186 Å². The Bertz CT molecular complexity index is 1030. The number of rotatable bonds is 9. The summed E-state index contributed by atoms with van der Waals surface area (Å²) in [6.07, 6.45) is 0. The van der Waals surface area contributed by atoms with Gasteiger partial charge in [-0.15, -0.1) is 10.2 Å². The Kier molecular flexibility index (Phi) is 7.41. The van der Waals surface area contributed by atoms with Crippen molar-refractivity contribution < 1.29 is 14.3 Å². The number of carbonyl (C=O) groups excluding carboxylic acids is 1. The highest BCUT2D eigenvalue weighted by Gasteiger charge is 2.16. The molecule has 1 N–H and O–H groups in total. The fourth-order valence-corrected chi connectivity index (χ4v) is 3.82. The van der Waals surface area contributed by atoms with Crippen LogP contribution in [-0.2, 0) is 11.3 Å². The Morgan fingerprint density at radius 3 is 2.45 bits per heavy atom. The van der Waals surface area contributed by atoms with Crippen LogP contribution < -0.4 is 19.7 Å². The number of nitrogens with one attached hydrogen (secondary N) is 1. The normalized spacial score (nSPS) is 10.6. The van der Waals surface area contributed by atoms with Gasteiger partial charge in [0.15, 0.2) is 11.0 Å². The van der Waals surface area contributed by atoms with E-state index in [1.807, 2.05) is 54.8 Å². The maximum Gasteiger partial charge on any atom is 0.234 e.